The second kappa shape index (κ2) is 3.65. The molecule has 0 saturated carbocycles. The lowest BCUT2D eigenvalue weighted by molar-refractivity contribution is 0.890. The Kier molecular flexibility index (Phi) is 3.38. The largest absolute Gasteiger partial charge is 0.313 e. The van der Waals surface area contributed by atoms with E-state index in [1.807, 2.05) is 6.92 Å². The fourth-order valence-electron chi connectivity index (χ4n) is 0.270. The van der Waals surface area contributed by atoms with Gasteiger partial charge in [-0.3, -0.25) is 0 Å². The van der Waals surface area contributed by atoms with Crippen LogP contribution in [0.5, 0.6) is 0 Å². The van der Waals surface area contributed by atoms with Gasteiger partial charge in [0.2, 0.25) is 0 Å². The molecule has 2 heteroatoms. The summed E-state index contributed by atoms with van der Waals surface area (Å²) in [5.74, 6) is 0. The fourth-order valence-corrected chi connectivity index (χ4v) is 0.270. The molecule has 0 unspecified atom stereocenters. The van der Waals surface area contributed by atoms with E-state index < -0.39 is 0 Å². The Labute approximate surface area is 44.6 Å². The van der Waals surface area contributed by atoms with Crippen molar-refractivity contribution in [1.82, 2.24) is 5.43 Å². The first-order valence-corrected chi connectivity index (χ1v) is 2.51. The van der Waals surface area contributed by atoms with Crippen molar-refractivity contribution in [3.8, 4) is 0 Å². The van der Waals surface area contributed by atoms with Crippen LogP contribution in [0.15, 0.2) is 5.10 Å². The molecule has 0 amide bonds. The quantitative estimate of drug-likeness (QED) is 0.406. The molecule has 0 heterocycles. The number of rotatable bonds is 2. The Hall–Kier alpha value is -0.530. The maximum atomic E-state index is 3.91. The summed E-state index contributed by atoms with van der Waals surface area (Å²) < 4.78 is 0. The monoisotopic (exact) mass is 100 g/mol. The first-order valence-electron chi connectivity index (χ1n) is 2.51. The third-order valence-electron chi connectivity index (χ3n) is 0.814. The van der Waals surface area contributed by atoms with Gasteiger partial charge in [0.05, 0.1) is 0 Å². The van der Waals surface area contributed by atoms with Crippen LogP contribution < -0.4 is 5.43 Å². The smallest absolute Gasteiger partial charge is 0.0344 e. The van der Waals surface area contributed by atoms with Crippen LogP contribution in [0.3, 0.4) is 0 Å². The lowest BCUT2D eigenvalue weighted by Crippen LogP contribution is -1.99. The topological polar surface area (TPSA) is 24.4 Å². The van der Waals surface area contributed by atoms with Gasteiger partial charge in [-0.2, -0.15) is 5.10 Å². The highest BCUT2D eigenvalue weighted by atomic mass is 15.3. The van der Waals surface area contributed by atoms with E-state index in [1.165, 1.54) is 0 Å². The molecule has 0 saturated heterocycles. The van der Waals surface area contributed by atoms with Crippen molar-refractivity contribution in [3.63, 3.8) is 0 Å². The first-order chi connectivity index (χ1) is 3.31. The van der Waals surface area contributed by atoms with E-state index in [0.717, 1.165) is 12.1 Å². The molecule has 0 aromatic carbocycles. The molecule has 42 valence electrons. The highest BCUT2D eigenvalue weighted by Gasteiger charge is 1.78. The van der Waals surface area contributed by atoms with Gasteiger partial charge in [0.15, 0.2) is 0 Å². The normalized spacial score (nSPS) is 11.6. The van der Waals surface area contributed by atoms with Gasteiger partial charge in [0, 0.05) is 12.8 Å². The summed E-state index contributed by atoms with van der Waals surface area (Å²) in [6.45, 7) is 4.08. The number of hydrogen-bond acceptors (Lipinski definition) is 2. The molecule has 0 bridgehead atoms. The molecule has 0 atom stereocenters. The Bertz CT molecular complexity index is 66.5. The predicted octanol–water partition coefficient (Wildman–Crippen LogP) is 0.992. The summed E-state index contributed by atoms with van der Waals surface area (Å²) in [6.07, 6.45) is 1.03. The molecule has 0 aliphatic rings. The van der Waals surface area contributed by atoms with Gasteiger partial charge < -0.3 is 5.43 Å². The average molecular weight is 100 g/mol. The van der Waals surface area contributed by atoms with Crippen LogP contribution in [0.2, 0.25) is 0 Å². The van der Waals surface area contributed by atoms with Crippen molar-refractivity contribution in [2.24, 2.45) is 5.10 Å². The van der Waals surface area contributed by atoms with Crippen molar-refractivity contribution in [2.45, 2.75) is 20.3 Å². The minimum atomic E-state index is 1.03. The summed E-state index contributed by atoms with van der Waals surface area (Å²) in [7, 11) is 1.80. The van der Waals surface area contributed by atoms with Gasteiger partial charge in [-0.1, -0.05) is 6.92 Å². The van der Waals surface area contributed by atoms with Gasteiger partial charge in [0.1, 0.15) is 0 Å². The Balaban J connectivity index is 3.29. The lowest BCUT2D eigenvalue weighted by Gasteiger charge is -1.90. The van der Waals surface area contributed by atoms with E-state index in [2.05, 4.69) is 17.5 Å². The van der Waals surface area contributed by atoms with E-state index in [0.29, 0.717) is 0 Å². The summed E-state index contributed by atoms with van der Waals surface area (Å²) in [5, 5.41) is 3.91. The SMILES string of the molecule is CCC(C)=NNC. The Morgan fingerprint density at radius 3 is 2.43 bits per heavy atom. The average Bonchev–Trinajstić information content (AvgIpc) is 1.68. The molecule has 0 spiro atoms. The van der Waals surface area contributed by atoms with Crippen molar-refractivity contribution < 1.29 is 0 Å². The molecule has 1 N–H and O–H groups in total. The molecule has 0 aromatic heterocycles. The Morgan fingerprint density at radius 1 is 1.71 bits per heavy atom. The van der Waals surface area contributed by atoms with Crippen LogP contribution in [0.25, 0.3) is 0 Å². The highest BCUT2D eigenvalue weighted by molar-refractivity contribution is 5.81. The van der Waals surface area contributed by atoms with Gasteiger partial charge in [-0.25, -0.2) is 0 Å². The van der Waals surface area contributed by atoms with Crippen LogP contribution in [-0.2, 0) is 0 Å². The van der Waals surface area contributed by atoms with E-state index in [9.17, 15) is 0 Å². The zero-order valence-corrected chi connectivity index (χ0v) is 5.15. The second-order valence-electron chi connectivity index (χ2n) is 1.42. The van der Waals surface area contributed by atoms with E-state index in [1.54, 1.807) is 7.05 Å². The molecule has 0 rings (SSSR count). The summed E-state index contributed by atoms with van der Waals surface area (Å²) >= 11 is 0. The third kappa shape index (κ3) is 3.30. The molecule has 0 aliphatic carbocycles. The zero-order valence-electron chi connectivity index (χ0n) is 5.15. The van der Waals surface area contributed by atoms with Gasteiger partial charge in [0.25, 0.3) is 0 Å². The summed E-state index contributed by atoms with van der Waals surface area (Å²) in [5.41, 5.74) is 3.85. The van der Waals surface area contributed by atoms with Crippen LogP contribution >= 0.6 is 0 Å². The lowest BCUT2D eigenvalue weighted by atomic mass is 10.3. The summed E-state index contributed by atoms with van der Waals surface area (Å²) in [6, 6.07) is 0. The standard InChI is InChI=1S/C5H12N2/c1-4-5(2)7-6-3/h6H,4H2,1-3H3. The van der Waals surface area contributed by atoms with Crippen LogP contribution in [0, 0.1) is 0 Å². The molecular formula is C5H12N2. The second-order valence-corrected chi connectivity index (χ2v) is 1.42. The third-order valence-corrected chi connectivity index (χ3v) is 0.814. The predicted molar refractivity (Wildman–Crippen MR) is 32.5 cm³/mol. The van der Waals surface area contributed by atoms with Crippen molar-refractivity contribution in [2.75, 3.05) is 7.05 Å². The molecular weight excluding hydrogens is 88.1 g/mol. The van der Waals surface area contributed by atoms with E-state index >= 15 is 0 Å². The van der Waals surface area contributed by atoms with E-state index in [-0.39, 0.29) is 0 Å². The maximum absolute atomic E-state index is 3.91. The first kappa shape index (κ1) is 6.47. The fraction of sp³-hybridized carbons (Fsp3) is 0.800. The highest BCUT2D eigenvalue weighted by Crippen LogP contribution is 1.78. The van der Waals surface area contributed by atoms with Crippen molar-refractivity contribution in [3.05, 3.63) is 0 Å². The minimum absolute atomic E-state index is 1.03. The van der Waals surface area contributed by atoms with Gasteiger partial charge >= 0.3 is 0 Å². The van der Waals surface area contributed by atoms with Gasteiger partial charge in [-0.15, -0.1) is 0 Å². The number of hydrazone groups is 1. The number of nitrogens with one attached hydrogen (secondary N) is 1. The molecule has 0 radical (unpaired) electrons. The van der Waals surface area contributed by atoms with Crippen LogP contribution in [0.1, 0.15) is 20.3 Å². The maximum Gasteiger partial charge on any atom is 0.0344 e. The molecule has 0 aliphatic heterocycles. The number of hydrogen-bond donors (Lipinski definition) is 1. The van der Waals surface area contributed by atoms with Crippen molar-refractivity contribution >= 4 is 5.71 Å². The Morgan fingerprint density at radius 2 is 2.29 bits per heavy atom. The summed E-state index contributed by atoms with van der Waals surface area (Å²) in [4.78, 5) is 0. The van der Waals surface area contributed by atoms with Crippen molar-refractivity contribution in [1.29, 1.82) is 0 Å². The van der Waals surface area contributed by atoms with Crippen LogP contribution in [0.4, 0.5) is 0 Å². The molecule has 0 aromatic rings. The minimum Gasteiger partial charge on any atom is -0.313 e. The van der Waals surface area contributed by atoms with Crippen LogP contribution in [-0.4, -0.2) is 12.8 Å². The van der Waals surface area contributed by atoms with E-state index in [4.69, 9.17) is 0 Å². The zero-order chi connectivity index (χ0) is 5.70. The molecule has 2 nitrogen and oxygen atoms in total. The number of nitrogens with zero attached hydrogens (tertiary/aromatic N) is 1. The molecule has 0 fully saturated rings. The van der Waals surface area contributed by atoms with Gasteiger partial charge in [-0.05, 0) is 13.3 Å². The molecule has 7 heavy (non-hydrogen) atoms.